The number of benzene rings is 1. The van der Waals surface area contributed by atoms with Gasteiger partial charge in [-0.2, -0.15) is 5.10 Å². The molecule has 1 aromatic rings. The lowest BCUT2D eigenvalue weighted by Gasteiger charge is -2.43. The van der Waals surface area contributed by atoms with E-state index < -0.39 is 11.7 Å². The van der Waals surface area contributed by atoms with E-state index in [-0.39, 0.29) is 11.9 Å². The van der Waals surface area contributed by atoms with Gasteiger partial charge in [-0.05, 0) is 25.1 Å². The van der Waals surface area contributed by atoms with Gasteiger partial charge in [0.2, 0.25) is 0 Å². The number of rotatable bonds is 3. The zero-order valence-electron chi connectivity index (χ0n) is 13.4. The van der Waals surface area contributed by atoms with Crippen molar-refractivity contribution in [3.63, 3.8) is 0 Å². The van der Waals surface area contributed by atoms with Crippen LogP contribution in [0.2, 0.25) is 0 Å². The Hall–Kier alpha value is -1.51. The maximum absolute atomic E-state index is 13.4. The highest BCUT2D eigenvalue weighted by Gasteiger charge is 2.46. The first-order valence-electron chi connectivity index (χ1n) is 7.90. The average Bonchev–Trinajstić information content (AvgIpc) is 2.51. The maximum atomic E-state index is 13.4. The summed E-state index contributed by atoms with van der Waals surface area (Å²) < 4.78 is 19.6. The number of amides is 1. The third-order valence-electron chi connectivity index (χ3n) is 4.37. The standard InChI is InChI=1S/C16H20BrFN4O2/c1-10(19)9-22-6-4-16(5-7-22)14(20-21-15(23)24-16)12-3-2-11(18)8-13(12)17/h2-3,8,10H,4-7,9,19H2,1H3,(H,21,23)/t10-/m0/s1. The van der Waals surface area contributed by atoms with Crippen LogP contribution in [0.25, 0.3) is 0 Å². The Morgan fingerprint density at radius 2 is 2.21 bits per heavy atom. The zero-order chi connectivity index (χ0) is 17.3. The highest BCUT2D eigenvalue weighted by molar-refractivity contribution is 9.10. The molecule has 6 nitrogen and oxygen atoms in total. The first-order chi connectivity index (χ1) is 11.4. The largest absolute Gasteiger partial charge is 0.435 e. The van der Waals surface area contributed by atoms with Crippen LogP contribution in [0.1, 0.15) is 25.3 Å². The van der Waals surface area contributed by atoms with Gasteiger partial charge < -0.3 is 15.4 Å². The first-order valence-corrected chi connectivity index (χ1v) is 8.69. The molecule has 1 aromatic carbocycles. The van der Waals surface area contributed by atoms with Crippen LogP contribution in [-0.2, 0) is 4.74 Å². The smallest absolute Gasteiger partial charge is 0.428 e. The second kappa shape index (κ2) is 6.78. The summed E-state index contributed by atoms with van der Waals surface area (Å²) in [6, 6.07) is 4.49. The van der Waals surface area contributed by atoms with Crippen LogP contribution in [0, 0.1) is 5.82 Å². The molecule has 1 spiro atoms. The van der Waals surface area contributed by atoms with E-state index >= 15 is 0 Å². The normalized spacial score (nSPS) is 21.8. The Morgan fingerprint density at radius 3 is 2.83 bits per heavy atom. The molecule has 2 aliphatic rings. The monoisotopic (exact) mass is 398 g/mol. The molecule has 0 saturated carbocycles. The lowest BCUT2D eigenvalue weighted by atomic mass is 9.82. The number of hydrogen-bond acceptors (Lipinski definition) is 5. The zero-order valence-corrected chi connectivity index (χ0v) is 15.0. The molecule has 0 aliphatic carbocycles. The van der Waals surface area contributed by atoms with Crippen LogP contribution >= 0.6 is 15.9 Å². The summed E-state index contributed by atoms with van der Waals surface area (Å²) in [7, 11) is 0. The van der Waals surface area contributed by atoms with Gasteiger partial charge in [0.05, 0.1) is 0 Å². The number of piperidine rings is 1. The van der Waals surface area contributed by atoms with Crippen LogP contribution in [0.5, 0.6) is 0 Å². The molecule has 2 aliphatic heterocycles. The van der Waals surface area contributed by atoms with Crippen molar-refractivity contribution in [2.45, 2.75) is 31.4 Å². The lowest BCUT2D eigenvalue weighted by Crippen LogP contribution is -2.57. The molecule has 0 unspecified atom stereocenters. The third-order valence-corrected chi connectivity index (χ3v) is 5.03. The van der Waals surface area contributed by atoms with Gasteiger partial charge in [0.15, 0.2) is 5.60 Å². The molecule has 0 bridgehead atoms. The SMILES string of the molecule is C[C@H](N)CN1CCC2(CC1)OC(=O)NN=C2c1ccc(F)cc1Br. The molecular weight excluding hydrogens is 379 g/mol. The number of nitrogens with one attached hydrogen (secondary N) is 1. The van der Waals surface area contributed by atoms with Crippen molar-refractivity contribution >= 4 is 27.7 Å². The van der Waals surface area contributed by atoms with Gasteiger partial charge in [-0.25, -0.2) is 14.6 Å². The minimum atomic E-state index is -0.795. The number of hydrogen-bond donors (Lipinski definition) is 2. The summed E-state index contributed by atoms with van der Waals surface area (Å²) in [5, 5.41) is 4.23. The summed E-state index contributed by atoms with van der Waals surface area (Å²) in [4.78, 5) is 14.0. The first kappa shape index (κ1) is 17.3. The highest BCUT2D eigenvalue weighted by Crippen LogP contribution is 2.35. The summed E-state index contributed by atoms with van der Waals surface area (Å²) in [5.41, 5.74) is 8.78. The number of carbonyl (C=O) groups is 1. The van der Waals surface area contributed by atoms with Crippen molar-refractivity contribution in [2.24, 2.45) is 10.8 Å². The molecule has 24 heavy (non-hydrogen) atoms. The van der Waals surface area contributed by atoms with E-state index in [1.54, 1.807) is 6.07 Å². The fraction of sp³-hybridized carbons (Fsp3) is 0.500. The fourth-order valence-corrected chi connectivity index (χ4v) is 3.82. The highest BCUT2D eigenvalue weighted by atomic mass is 79.9. The topological polar surface area (TPSA) is 79.9 Å². The molecular formula is C16H20BrFN4O2. The van der Waals surface area contributed by atoms with Crippen molar-refractivity contribution < 1.29 is 13.9 Å². The Bertz CT molecular complexity index is 672. The second-order valence-electron chi connectivity index (χ2n) is 6.36. The van der Waals surface area contributed by atoms with Crippen LogP contribution in [0.3, 0.4) is 0 Å². The number of halogens is 2. The minimum Gasteiger partial charge on any atom is -0.435 e. The van der Waals surface area contributed by atoms with E-state index in [2.05, 4.69) is 31.4 Å². The number of likely N-dealkylation sites (tertiary alicyclic amines) is 1. The van der Waals surface area contributed by atoms with Gasteiger partial charge >= 0.3 is 6.09 Å². The van der Waals surface area contributed by atoms with E-state index in [9.17, 15) is 9.18 Å². The number of nitrogens with zero attached hydrogens (tertiary/aromatic N) is 2. The molecule has 3 N–H and O–H groups in total. The van der Waals surface area contributed by atoms with Crippen molar-refractivity contribution in [1.29, 1.82) is 0 Å². The van der Waals surface area contributed by atoms with E-state index in [4.69, 9.17) is 10.5 Å². The summed E-state index contributed by atoms with van der Waals surface area (Å²) in [5.74, 6) is -0.340. The lowest BCUT2D eigenvalue weighted by molar-refractivity contribution is 0.00556. The van der Waals surface area contributed by atoms with E-state index in [0.29, 0.717) is 23.0 Å². The van der Waals surface area contributed by atoms with Gasteiger partial charge in [0.1, 0.15) is 11.5 Å². The molecule has 0 radical (unpaired) electrons. The molecule has 3 rings (SSSR count). The fourth-order valence-electron chi connectivity index (χ4n) is 3.28. The van der Waals surface area contributed by atoms with Gasteiger partial charge in [-0.15, -0.1) is 0 Å². The molecule has 2 heterocycles. The van der Waals surface area contributed by atoms with E-state index in [0.717, 1.165) is 25.2 Å². The van der Waals surface area contributed by atoms with Crippen LogP contribution in [0.4, 0.5) is 9.18 Å². The summed E-state index contributed by atoms with van der Waals surface area (Å²) >= 11 is 3.38. The maximum Gasteiger partial charge on any atom is 0.428 e. The van der Waals surface area contributed by atoms with Gasteiger partial charge in [-0.3, -0.25) is 0 Å². The molecule has 1 saturated heterocycles. The molecule has 0 aromatic heterocycles. The van der Waals surface area contributed by atoms with Crippen LogP contribution in [0.15, 0.2) is 27.8 Å². The number of hydrazone groups is 1. The van der Waals surface area contributed by atoms with Crippen molar-refractivity contribution in [2.75, 3.05) is 19.6 Å². The van der Waals surface area contributed by atoms with Crippen molar-refractivity contribution in [1.82, 2.24) is 10.3 Å². The molecule has 1 fully saturated rings. The molecule has 130 valence electrons. The molecule has 1 atom stereocenters. The molecule has 8 heteroatoms. The van der Waals surface area contributed by atoms with Gasteiger partial charge in [0, 0.05) is 48.6 Å². The Labute approximate surface area is 148 Å². The third kappa shape index (κ3) is 3.45. The number of nitrogens with two attached hydrogens (primary N) is 1. The van der Waals surface area contributed by atoms with E-state index in [1.807, 2.05) is 6.92 Å². The average molecular weight is 399 g/mol. The van der Waals surface area contributed by atoms with E-state index in [1.165, 1.54) is 12.1 Å². The Morgan fingerprint density at radius 1 is 1.50 bits per heavy atom. The predicted octanol–water partition coefficient (Wildman–Crippen LogP) is 2.21. The number of carbonyl (C=O) groups excluding carboxylic acids is 1. The van der Waals surface area contributed by atoms with Crippen LogP contribution in [-0.4, -0.2) is 48.0 Å². The molecule has 1 amide bonds. The quantitative estimate of drug-likeness (QED) is 0.817. The Kier molecular flexibility index (Phi) is 4.89. The van der Waals surface area contributed by atoms with Gasteiger partial charge in [-0.1, -0.05) is 15.9 Å². The Balaban J connectivity index is 1.89. The van der Waals surface area contributed by atoms with Crippen molar-refractivity contribution in [3.8, 4) is 0 Å². The van der Waals surface area contributed by atoms with Crippen LogP contribution < -0.4 is 11.2 Å². The minimum absolute atomic E-state index is 0.0917. The summed E-state index contributed by atoms with van der Waals surface area (Å²) in [6.45, 7) is 4.28. The summed E-state index contributed by atoms with van der Waals surface area (Å²) in [6.07, 6.45) is 0.684. The van der Waals surface area contributed by atoms with Crippen molar-refractivity contribution in [3.05, 3.63) is 34.1 Å². The van der Waals surface area contributed by atoms with Gasteiger partial charge in [0.25, 0.3) is 0 Å². The second-order valence-corrected chi connectivity index (χ2v) is 7.21. The number of ether oxygens (including phenoxy) is 1. The predicted molar refractivity (Wildman–Crippen MR) is 92.3 cm³/mol.